The van der Waals surface area contributed by atoms with Crippen molar-refractivity contribution in [3.63, 3.8) is 0 Å². The van der Waals surface area contributed by atoms with Crippen molar-refractivity contribution in [2.45, 2.75) is 104 Å². The van der Waals surface area contributed by atoms with E-state index in [4.69, 9.17) is 14.2 Å². The van der Waals surface area contributed by atoms with E-state index >= 15 is 0 Å². The SMILES string of the molecule is COC1CC(=O)[C@@]2(C)[C@H](CC[C@H]3[C@@H]4C[C@@H](OC(C)=O)[C@H]([C@H](C)[C@H]5CC(C)=C(CO)C(=O)O5)[C@@]4(C)CC[C@@H]32)[C@H]1O. The van der Waals surface area contributed by atoms with E-state index in [0.717, 1.165) is 37.7 Å². The van der Waals surface area contributed by atoms with Crippen LogP contribution in [0.5, 0.6) is 0 Å². The zero-order chi connectivity index (χ0) is 28.4. The van der Waals surface area contributed by atoms with Crippen LogP contribution in [-0.4, -0.2) is 66.1 Å². The molecule has 5 rings (SSSR count). The number of hydrogen-bond acceptors (Lipinski definition) is 8. The van der Waals surface area contributed by atoms with Gasteiger partial charge in [0.15, 0.2) is 0 Å². The first kappa shape index (κ1) is 28.7. The highest BCUT2D eigenvalue weighted by Crippen LogP contribution is 2.68. The number of fused-ring (bicyclic) bond motifs is 5. The predicted octanol–water partition coefficient (Wildman–Crippen LogP) is 3.61. The molecule has 0 aromatic heterocycles. The van der Waals surface area contributed by atoms with Gasteiger partial charge in [0.1, 0.15) is 18.0 Å². The third kappa shape index (κ3) is 4.31. The molecule has 0 saturated heterocycles. The quantitative estimate of drug-likeness (QED) is 0.502. The third-order valence-corrected chi connectivity index (χ3v) is 12.1. The van der Waals surface area contributed by atoms with Crippen molar-refractivity contribution in [3.8, 4) is 0 Å². The third-order valence-electron chi connectivity index (χ3n) is 12.1. The summed E-state index contributed by atoms with van der Waals surface area (Å²) in [4.78, 5) is 38.6. The Bertz CT molecular complexity index is 1050. The number of cyclic esters (lactones) is 1. The summed E-state index contributed by atoms with van der Waals surface area (Å²) in [5.41, 5.74) is 0.469. The van der Waals surface area contributed by atoms with Crippen molar-refractivity contribution in [2.75, 3.05) is 13.7 Å². The molecule has 0 aromatic rings. The van der Waals surface area contributed by atoms with E-state index in [0.29, 0.717) is 17.9 Å². The van der Waals surface area contributed by atoms with Crippen LogP contribution in [-0.2, 0) is 28.6 Å². The standard InChI is InChI=1S/C31H46O8/c1-15-11-23(39-29(36)19(15)14-32)16(2)27-24(38-17(3)33)12-22-18-7-8-21-28(35)25(37-6)13-26(34)31(21,5)20(18)9-10-30(22,27)4/h16,18,20-25,27-28,32,35H,7-14H2,1-6H3/t16-,18-,20+,21-,22+,23-,24-,25?,27+,28-,30+,31-/m1/s1. The summed E-state index contributed by atoms with van der Waals surface area (Å²) >= 11 is 0. The van der Waals surface area contributed by atoms with Crippen molar-refractivity contribution in [3.05, 3.63) is 11.1 Å². The Hall–Kier alpha value is -1.77. The second-order valence-electron chi connectivity index (χ2n) is 13.6. The number of aliphatic hydroxyl groups is 2. The number of aliphatic hydroxyl groups excluding tert-OH is 2. The van der Waals surface area contributed by atoms with E-state index in [1.807, 2.05) is 6.92 Å². The van der Waals surface area contributed by atoms with Gasteiger partial charge in [-0.2, -0.15) is 0 Å². The highest BCUT2D eigenvalue weighted by Gasteiger charge is 2.67. The highest BCUT2D eigenvalue weighted by molar-refractivity contribution is 5.90. The molecule has 0 aromatic carbocycles. The number of carbonyl (C=O) groups is 3. The molecule has 4 aliphatic carbocycles. The van der Waals surface area contributed by atoms with Crippen LogP contribution in [0.2, 0.25) is 0 Å². The van der Waals surface area contributed by atoms with Crippen LogP contribution in [0.4, 0.5) is 0 Å². The van der Waals surface area contributed by atoms with E-state index in [1.165, 1.54) is 6.92 Å². The minimum absolute atomic E-state index is 0.00433. The number of ketones is 1. The van der Waals surface area contributed by atoms with Gasteiger partial charge in [-0.1, -0.05) is 26.3 Å². The van der Waals surface area contributed by atoms with Crippen LogP contribution in [0.1, 0.15) is 79.6 Å². The Morgan fingerprint density at radius 2 is 1.82 bits per heavy atom. The first-order valence-corrected chi connectivity index (χ1v) is 14.8. The predicted molar refractivity (Wildman–Crippen MR) is 142 cm³/mol. The van der Waals surface area contributed by atoms with Crippen molar-refractivity contribution in [2.24, 2.45) is 46.3 Å². The topological polar surface area (TPSA) is 119 Å². The molecule has 5 aliphatic rings. The molecule has 4 fully saturated rings. The van der Waals surface area contributed by atoms with E-state index in [9.17, 15) is 24.6 Å². The first-order valence-electron chi connectivity index (χ1n) is 14.8. The summed E-state index contributed by atoms with van der Waals surface area (Å²) in [5, 5.41) is 20.8. The number of esters is 2. The number of ether oxygens (including phenoxy) is 3. The minimum Gasteiger partial charge on any atom is -0.462 e. The number of Topliss-reactive ketones (excluding diaryl/α,β-unsaturated/α-hetero) is 1. The molecule has 1 unspecified atom stereocenters. The Kier molecular flexibility index (Phi) is 7.56. The van der Waals surface area contributed by atoms with Gasteiger partial charge in [-0.3, -0.25) is 9.59 Å². The molecule has 8 heteroatoms. The van der Waals surface area contributed by atoms with E-state index in [1.54, 1.807) is 7.11 Å². The monoisotopic (exact) mass is 546 g/mol. The average Bonchev–Trinajstić information content (AvgIpc) is 3.16. The van der Waals surface area contributed by atoms with Crippen molar-refractivity contribution < 1.29 is 38.8 Å². The average molecular weight is 547 g/mol. The van der Waals surface area contributed by atoms with Gasteiger partial charge in [0.05, 0.1) is 24.4 Å². The van der Waals surface area contributed by atoms with Crippen LogP contribution in [0.25, 0.3) is 0 Å². The van der Waals surface area contributed by atoms with E-state index < -0.39 is 23.6 Å². The van der Waals surface area contributed by atoms with Gasteiger partial charge >= 0.3 is 11.9 Å². The number of hydrogen-bond donors (Lipinski definition) is 2. The Balaban J connectivity index is 1.46. The minimum atomic E-state index is -0.641. The molecule has 8 nitrogen and oxygen atoms in total. The fourth-order valence-electron chi connectivity index (χ4n) is 10.2. The zero-order valence-corrected chi connectivity index (χ0v) is 24.3. The summed E-state index contributed by atoms with van der Waals surface area (Å²) in [6, 6.07) is 0. The van der Waals surface area contributed by atoms with Gasteiger partial charge in [0.25, 0.3) is 0 Å². The van der Waals surface area contributed by atoms with Gasteiger partial charge in [0.2, 0.25) is 0 Å². The molecule has 2 N–H and O–H groups in total. The lowest BCUT2D eigenvalue weighted by Gasteiger charge is -2.61. The zero-order valence-electron chi connectivity index (χ0n) is 24.3. The first-order chi connectivity index (χ1) is 18.4. The molecule has 0 amide bonds. The Morgan fingerprint density at radius 3 is 2.44 bits per heavy atom. The Morgan fingerprint density at radius 1 is 1.10 bits per heavy atom. The largest absolute Gasteiger partial charge is 0.462 e. The summed E-state index contributed by atoms with van der Waals surface area (Å²) in [6.07, 6.45) is 3.32. The Labute approximate surface area is 231 Å². The van der Waals surface area contributed by atoms with Gasteiger partial charge in [-0.05, 0) is 68.1 Å². The van der Waals surface area contributed by atoms with Crippen molar-refractivity contribution >= 4 is 17.7 Å². The lowest BCUT2D eigenvalue weighted by molar-refractivity contribution is -0.188. The summed E-state index contributed by atoms with van der Waals surface area (Å²) in [7, 11) is 1.57. The molecule has 1 heterocycles. The van der Waals surface area contributed by atoms with Gasteiger partial charge < -0.3 is 24.4 Å². The van der Waals surface area contributed by atoms with Crippen molar-refractivity contribution in [1.82, 2.24) is 0 Å². The number of rotatable bonds is 5. The molecule has 4 saturated carbocycles. The molecule has 12 atom stereocenters. The molecule has 1 aliphatic heterocycles. The van der Waals surface area contributed by atoms with E-state index in [2.05, 4.69) is 20.8 Å². The molecule has 0 spiro atoms. The van der Waals surface area contributed by atoms with Gasteiger partial charge in [-0.25, -0.2) is 4.79 Å². The molecular formula is C31H46O8. The molecular weight excluding hydrogens is 500 g/mol. The lowest BCUT2D eigenvalue weighted by atomic mass is 9.43. The van der Waals surface area contributed by atoms with Crippen LogP contribution < -0.4 is 0 Å². The van der Waals surface area contributed by atoms with Crippen molar-refractivity contribution in [1.29, 1.82) is 0 Å². The smallest absolute Gasteiger partial charge is 0.336 e. The lowest BCUT2D eigenvalue weighted by Crippen LogP contribution is -2.62. The summed E-state index contributed by atoms with van der Waals surface area (Å²) < 4.78 is 17.4. The normalized spacial score (nSPS) is 46.6. The van der Waals surface area contributed by atoms with E-state index in [-0.39, 0.29) is 72.0 Å². The molecule has 39 heavy (non-hydrogen) atoms. The number of methoxy groups -OCH3 is 1. The summed E-state index contributed by atoms with van der Waals surface area (Å²) in [6.45, 7) is 9.52. The molecule has 0 bridgehead atoms. The van der Waals surface area contributed by atoms with Crippen LogP contribution in [0.15, 0.2) is 11.1 Å². The second kappa shape index (κ2) is 10.3. The maximum atomic E-state index is 13.7. The highest BCUT2D eigenvalue weighted by atomic mass is 16.6. The maximum Gasteiger partial charge on any atom is 0.336 e. The molecule has 218 valence electrons. The van der Waals surface area contributed by atoms with Gasteiger partial charge in [0, 0.05) is 44.1 Å². The summed E-state index contributed by atoms with van der Waals surface area (Å²) in [5.74, 6) is 0.0307. The van der Waals surface area contributed by atoms with Gasteiger partial charge in [-0.15, -0.1) is 0 Å². The van der Waals surface area contributed by atoms with Crippen LogP contribution in [0, 0.1) is 46.3 Å². The second-order valence-corrected chi connectivity index (χ2v) is 13.6. The fraction of sp³-hybridized carbons (Fsp3) is 0.839. The fourth-order valence-corrected chi connectivity index (χ4v) is 10.2. The van der Waals surface area contributed by atoms with Crippen LogP contribution >= 0.6 is 0 Å². The van der Waals surface area contributed by atoms with Crippen LogP contribution in [0.3, 0.4) is 0 Å². The molecule has 0 radical (unpaired) electrons. The number of carbonyl (C=O) groups excluding carboxylic acids is 3. The maximum absolute atomic E-state index is 13.7.